The quantitative estimate of drug-likeness (QED) is 0.912. The van der Waals surface area contributed by atoms with Gasteiger partial charge in [0.25, 0.3) is 0 Å². The first-order chi connectivity index (χ1) is 8.22. The molecule has 3 rings (SSSR count). The topological polar surface area (TPSA) is 55.0 Å². The van der Waals surface area contributed by atoms with E-state index in [0.717, 1.165) is 31.2 Å². The summed E-state index contributed by atoms with van der Waals surface area (Å²) in [5, 5.41) is 0. The molecule has 0 amide bonds. The van der Waals surface area contributed by atoms with Gasteiger partial charge in [-0.2, -0.15) is 0 Å². The molecule has 0 radical (unpaired) electrons. The van der Waals surface area contributed by atoms with Crippen molar-refractivity contribution in [1.29, 1.82) is 0 Å². The van der Waals surface area contributed by atoms with E-state index in [9.17, 15) is 0 Å². The maximum absolute atomic E-state index is 5.94. The van der Waals surface area contributed by atoms with Crippen LogP contribution in [-0.2, 0) is 0 Å². The smallest absolute Gasteiger partial charge is 0.225 e. The summed E-state index contributed by atoms with van der Waals surface area (Å²) >= 11 is 0. The van der Waals surface area contributed by atoms with Gasteiger partial charge in [0, 0.05) is 36.4 Å². The Kier molecular flexibility index (Phi) is 5.83. The largest absolute Gasteiger partial charge is 0.339 e. The van der Waals surface area contributed by atoms with Gasteiger partial charge in [0.15, 0.2) is 0 Å². The van der Waals surface area contributed by atoms with Crippen molar-refractivity contribution in [3.8, 4) is 0 Å². The molecule has 1 saturated carbocycles. The van der Waals surface area contributed by atoms with Gasteiger partial charge in [-0.15, -0.1) is 24.8 Å². The lowest BCUT2D eigenvalue weighted by Crippen LogP contribution is -2.28. The lowest BCUT2D eigenvalue weighted by atomic mass is 9.83. The van der Waals surface area contributed by atoms with Crippen molar-refractivity contribution in [3.63, 3.8) is 0 Å². The van der Waals surface area contributed by atoms with E-state index >= 15 is 0 Å². The van der Waals surface area contributed by atoms with E-state index in [1.54, 1.807) is 0 Å². The molecule has 19 heavy (non-hydrogen) atoms. The molecule has 1 atom stereocenters. The van der Waals surface area contributed by atoms with Crippen LogP contribution in [0.15, 0.2) is 6.07 Å². The molecule has 0 spiro atoms. The van der Waals surface area contributed by atoms with Crippen LogP contribution in [0.3, 0.4) is 0 Å². The van der Waals surface area contributed by atoms with Crippen LogP contribution in [-0.4, -0.2) is 29.1 Å². The van der Waals surface area contributed by atoms with Crippen LogP contribution in [0.5, 0.6) is 0 Å². The van der Waals surface area contributed by atoms with Crippen molar-refractivity contribution in [2.45, 2.75) is 44.6 Å². The number of nitrogens with two attached hydrogens (primary N) is 1. The summed E-state index contributed by atoms with van der Waals surface area (Å²) in [5.41, 5.74) is 8.25. The summed E-state index contributed by atoms with van der Waals surface area (Å²) in [4.78, 5) is 11.5. The summed E-state index contributed by atoms with van der Waals surface area (Å²) in [7, 11) is 0. The number of rotatable bonds is 2. The third-order valence-corrected chi connectivity index (χ3v) is 3.89. The summed E-state index contributed by atoms with van der Waals surface area (Å²) in [6.45, 7) is 3.95. The van der Waals surface area contributed by atoms with Gasteiger partial charge in [0.05, 0.1) is 0 Å². The standard InChI is InChI=1S/C13H20N4.2ClH/c1-9-7-12(10-3-2-4-10)16-13(15-9)17-6-5-11(14)8-17;;/h7,10-11H,2-6,8,14H2,1H3;2*1H. The van der Waals surface area contributed by atoms with Gasteiger partial charge < -0.3 is 10.6 Å². The number of halogens is 2. The first kappa shape index (κ1) is 16.5. The van der Waals surface area contributed by atoms with Crippen LogP contribution in [0, 0.1) is 6.92 Å². The predicted molar refractivity (Wildman–Crippen MR) is 82.7 cm³/mol. The van der Waals surface area contributed by atoms with Gasteiger partial charge in [0.2, 0.25) is 5.95 Å². The van der Waals surface area contributed by atoms with Crippen molar-refractivity contribution < 1.29 is 0 Å². The van der Waals surface area contributed by atoms with Crippen molar-refractivity contribution in [2.75, 3.05) is 18.0 Å². The average molecular weight is 305 g/mol. The fourth-order valence-electron chi connectivity index (χ4n) is 2.60. The third kappa shape index (κ3) is 3.50. The van der Waals surface area contributed by atoms with E-state index < -0.39 is 0 Å². The number of hydrogen-bond donors (Lipinski definition) is 1. The van der Waals surface area contributed by atoms with Gasteiger partial charge in [-0.25, -0.2) is 9.97 Å². The molecule has 108 valence electrons. The molecule has 1 aromatic heterocycles. The van der Waals surface area contributed by atoms with Gasteiger partial charge in [-0.1, -0.05) is 6.42 Å². The molecule has 1 saturated heterocycles. The van der Waals surface area contributed by atoms with Crippen LogP contribution < -0.4 is 10.6 Å². The monoisotopic (exact) mass is 304 g/mol. The minimum Gasteiger partial charge on any atom is -0.339 e. The van der Waals surface area contributed by atoms with Crippen LogP contribution in [0.25, 0.3) is 0 Å². The molecule has 0 bridgehead atoms. The fourth-order valence-corrected chi connectivity index (χ4v) is 2.60. The molecule has 4 nitrogen and oxygen atoms in total. The predicted octanol–water partition coefficient (Wildman–Crippen LogP) is 2.43. The Morgan fingerprint density at radius 3 is 2.47 bits per heavy atom. The molecule has 1 aromatic rings. The minimum atomic E-state index is 0. The summed E-state index contributed by atoms with van der Waals surface area (Å²) in [5.74, 6) is 1.56. The molecule has 6 heteroatoms. The lowest BCUT2D eigenvalue weighted by molar-refractivity contribution is 0.410. The molecule has 2 N–H and O–H groups in total. The van der Waals surface area contributed by atoms with Crippen LogP contribution in [0.4, 0.5) is 5.95 Å². The zero-order valence-corrected chi connectivity index (χ0v) is 12.8. The van der Waals surface area contributed by atoms with Crippen molar-refractivity contribution in [1.82, 2.24) is 9.97 Å². The lowest BCUT2D eigenvalue weighted by Gasteiger charge is -2.26. The van der Waals surface area contributed by atoms with Gasteiger partial charge in [0.1, 0.15) is 0 Å². The summed E-state index contributed by atoms with van der Waals surface area (Å²) < 4.78 is 0. The Labute approximate surface area is 127 Å². The van der Waals surface area contributed by atoms with Crippen LogP contribution in [0.1, 0.15) is 43.0 Å². The van der Waals surface area contributed by atoms with Gasteiger partial charge >= 0.3 is 0 Å². The summed E-state index contributed by atoms with van der Waals surface area (Å²) in [6.07, 6.45) is 4.97. The highest BCUT2D eigenvalue weighted by atomic mass is 35.5. The van der Waals surface area contributed by atoms with Crippen molar-refractivity contribution in [3.05, 3.63) is 17.5 Å². The Bertz CT molecular complexity index is 423. The molecule has 2 heterocycles. The fraction of sp³-hybridized carbons (Fsp3) is 0.692. The zero-order chi connectivity index (χ0) is 11.8. The number of aromatic nitrogens is 2. The normalized spacial score (nSPS) is 22.4. The Morgan fingerprint density at radius 1 is 1.21 bits per heavy atom. The molecular weight excluding hydrogens is 283 g/mol. The average Bonchev–Trinajstić information content (AvgIpc) is 2.61. The number of aryl methyl sites for hydroxylation is 1. The molecule has 2 fully saturated rings. The number of nitrogens with zero attached hydrogens (tertiary/aromatic N) is 3. The highest BCUT2D eigenvalue weighted by Crippen LogP contribution is 2.36. The molecular formula is C13H22Cl2N4. The van der Waals surface area contributed by atoms with E-state index in [0.29, 0.717) is 5.92 Å². The van der Waals surface area contributed by atoms with E-state index in [-0.39, 0.29) is 30.9 Å². The summed E-state index contributed by atoms with van der Waals surface area (Å²) in [6, 6.07) is 2.43. The van der Waals surface area contributed by atoms with E-state index in [2.05, 4.69) is 22.9 Å². The maximum Gasteiger partial charge on any atom is 0.225 e. The second-order valence-electron chi connectivity index (χ2n) is 5.36. The number of hydrogen-bond acceptors (Lipinski definition) is 4. The Balaban J connectivity index is 0.000000902. The SMILES string of the molecule is Cc1cc(C2CCC2)nc(N2CCC(N)C2)n1.Cl.Cl. The van der Waals surface area contributed by atoms with Gasteiger partial charge in [-0.3, -0.25) is 0 Å². The highest BCUT2D eigenvalue weighted by molar-refractivity contribution is 5.85. The zero-order valence-electron chi connectivity index (χ0n) is 11.2. The maximum atomic E-state index is 5.94. The highest BCUT2D eigenvalue weighted by Gasteiger charge is 2.25. The molecule has 1 aliphatic heterocycles. The van der Waals surface area contributed by atoms with Crippen molar-refractivity contribution >= 4 is 30.8 Å². The van der Waals surface area contributed by atoms with Crippen LogP contribution in [0.2, 0.25) is 0 Å². The molecule has 2 aliphatic rings. The van der Waals surface area contributed by atoms with Gasteiger partial charge in [-0.05, 0) is 32.3 Å². The molecule has 0 aromatic carbocycles. The number of anilines is 1. The first-order valence-corrected chi connectivity index (χ1v) is 6.58. The Morgan fingerprint density at radius 2 is 1.95 bits per heavy atom. The Hall–Kier alpha value is -0.580. The second kappa shape index (κ2) is 6.73. The third-order valence-electron chi connectivity index (χ3n) is 3.89. The van der Waals surface area contributed by atoms with E-state index in [1.807, 2.05) is 0 Å². The van der Waals surface area contributed by atoms with Crippen molar-refractivity contribution in [2.24, 2.45) is 5.73 Å². The van der Waals surface area contributed by atoms with E-state index in [1.165, 1.54) is 25.0 Å². The molecule has 1 unspecified atom stereocenters. The van der Waals surface area contributed by atoms with E-state index in [4.69, 9.17) is 10.7 Å². The minimum absolute atomic E-state index is 0. The first-order valence-electron chi connectivity index (χ1n) is 6.58. The molecule has 1 aliphatic carbocycles. The second-order valence-corrected chi connectivity index (χ2v) is 5.36. The van der Waals surface area contributed by atoms with Crippen LogP contribution >= 0.6 is 24.8 Å².